The van der Waals surface area contributed by atoms with E-state index >= 15 is 0 Å². The Labute approximate surface area is 108 Å². The summed E-state index contributed by atoms with van der Waals surface area (Å²) in [5, 5.41) is 0.532. The van der Waals surface area contributed by atoms with Crippen molar-refractivity contribution in [3.63, 3.8) is 0 Å². The van der Waals surface area contributed by atoms with E-state index in [1.54, 1.807) is 18.2 Å². The molecule has 7 heteroatoms. The summed E-state index contributed by atoms with van der Waals surface area (Å²) in [7, 11) is 0. The lowest BCUT2D eigenvalue weighted by atomic mass is 10.2. The lowest BCUT2D eigenvalue weighted by Gasteiger charge is -2.01. The van der Waals surface area contributed by atoms with Gasteiger partial charge in [0.25, 0.3) is 0 Å². The molecule has 0 unspecified atom stereocenters. The van der Waals surface area contributed by atoms with E-state index in [1.165, 1.54) is 6.07 Å². The Hall–Kier alpha value is -2.83. The molecule has 2 aromatic rings. The summed E-state index contributed by atoms with van der Waals surface area (Å²) in [6, 6.07) is 6.62. The van der Waals surface area contributed by atoms with Crippen molar-refractivity contribution in [3.05, 3.63) is 40.2 Å². The van der Waals surface area contributed by atoms with Gasteiger partial charge < -0.3 is 22.2 Å². The van der Waals surface area contributed by atoms with E-state index in [1.807, 2.05) is 6.92 Å². The highest BCUT2D eigenvalue weighted by Crippen LogP contribution is 2.17. The van der Waals surface area contributed by atoms with E-state index in [0.29, 0.717) is 11.1 Å². The number of aromatic nitrogens is 1. The van der Waals surface area contributed by atoms with Crippen molar-refractivity contribution in [2.24, 2.45) is 27.2 Å². The zero-order chi connectivity index (χ0) is 14.0. The van der Waals surface area contributed by atoms with Gasteiger partial charge in [0.05, 0.1) is 5.69 Å². The monoisotopic (exact) mass is 258 g/mol. The zero-order valence-electron chi connectivity index (χ0n) is 10.3. The van der Waals surface area contributed by atoms with E-state index in [0.717, 1.165) is 11.2 Å². The molecule has 1 heterocycles. The molecular formula is C12H14N6O. The van der Waals surface area contributed by atoms with Gasteiger partial charge in [0.15, 0.2) is 11.4 Å². The predicted molar refractivity (Wildman–Crippen MR) is 76.4 cm³/mol. The molecule has 0 aliphatic carbocycles. The van der Waals surface area contributed by atoms with Gasteiger partial charge in [-0.2, -0.15) is 4.99 Å². The molecule has 0 bridgehead atoms. The first-order valence-corrected chi connectivity index (χ1v) is 5.53. The molecule has 0 saturated carbocycles. The number of H-pyrrole nitrogens is 1. The smallest absolute Gasteiger partial charge is 0.223 e. The van der Waals surface area contributed by atoms with Crippen molar-refractivity contribution in [1.29, 1.82) is 0 Å². The molecule has 19 heavy (non-hydrogen) atoms. The number of nitrogens with zero attached hydrogens (tertiary/aromatic N) is 2. The molecule has 0 spiro atoms. The van der Waals surface area contributed by atoms with Crippen LogP contribution in [0.15, 0.2) is 39.0 Å². The van der Waals surface area contributed by atoms with Crippen molar-refractivity contribution >= 4 is 28.5 Å². The highest BCUT2D eigenvalue weighted by atomic mass is 16.1. The van der Waals surface area contributed by atoms with Gasteiger partial charge in [-0.05, 0) is 25.1 Å². The van der Waals surface area contributed by atoms with Crippen molar-refractivity contribution in [1.82, 2.24) is 4.98 Å². The minimum atomic E-state index is -0.171. The molecule has 2 rings (SSSR count). The second-order valence-electron chi connectivity index (χ2n) is 4.05. The summed E-state index contributed by atoms with van der Waals surface area (Å²) >= 11 is 0. The lowest BCUT2D eigenvalue weighted by Crippen LogP contribution is -2.26. The maximum atomic E-state index is 11.8. The molecule has 1 aromatic carbocycles. The van der Waals surface area contributed by atoms with Gasteiger partial charge >= 0.3 is 0 Å². The number of aromatic amines is 1. The number of nitrogens with two attached hydrogens (primary N) is 3. The minimum Gasteiger partial charge on any atom is -0.370 e. The maximum absolute atomic E-state index is 11.8. The molecular weight excluding hydrogens is 244 g/mol. The summed E-state index contributed by atoms with van der Waals surface area (Å²) in [4.78, 5) is 22.6. The average molecular weight is 258 g/mol. The number of rotatable bonds is 1. The predicted octanol–water partition coefficient (Wildman–Crippen LogP) is 0.0561. The Balaban J connectivity index is 2.54. The van der Waals surface area contributed by atoms with Crippen molar-refractivity contribution in [2.45, 2.75) is 6.92 Å². The van der Waals surface area contributed by atoms with Crippen molar-refractivity contribution in [2.75, 3.05) is 0 Å². The van der Waals surface area contributed by atoms with Gasteiger partial charge in [-0.3, -0.25) is 4.79 Å². The van der Waals surface area contributed by atoms with Crippen LogP contribution in [0.25, 0.3) is 10.9 Å². The van der Waals surface area contributed by atoms with Crippen LogP contribution in [0.1, 0.15) is 5.69 Å². The van der Waals surface area contributed by atoms with Crippen LogP contribution >= 0.6 is 0 Å². The molecule has 7 N–H and O–H groups in total. The summed E-state index contributed by atoms with van der Waals surface area (Å²) in [5.74, 6) is -0.238. The quantitative estimate of drug-likeness (QED) is 0.424. The fraction of sp³-hybridized carbons (Fsp3) is 0.0833. The molecule has 0 fully saturated rings. The highest BCUT2D eigenvalue weighted by molar-refractivity contribution is 5.94. The summed E-state index contributed by atoms with van der Waals surface area (Å²) in [6.07, 6.45) is 0. The second-order valence-corrected chi connectivity index (χ2v) is 4.05. The Morgan fingerprint density at radius 2 is 1.95 bits per heavy atom. The van der Waals surface area contributed by atoms with E-state index in [4.69, 9.17) is 17.2 Å². The third-order valence-electron chi connectivity index (χ3n) is 2.44. The van der Waals surface area contributed by atoms with Gasteiger partial charge in [0.1, 0.15) is 0 Å². The van der Waals surface area contributed by atoms with Crippen molar-refractivity contribution in [3.8, 4) is 0 Å². The average Bonchev–Trinajstić information content (AvgIpc) is 2.28. The van der Waals surface area contributed by atoms with Crippen LogP contribution in [-0.2, 0) is 0 Å². The molecule has 98 valence electrons. The lowest BCUT2D eigenvalue weighted by molar-refractivity contribution is 1.24. The Morgan fingerprint density at radius 3 is 2.63 bits per heavy atom. The van der Waals surface area contributed by atoms with Crippen LogP contribution in [0.3, 0.4) is 0 Å². The Kier molecular flexibility index (Phi) is 3.19. The molecule has 0 radical (unpaired) electrons. The van der Waals surface area contributed by atoms with E-state index in [2.05, 4.69) is 15.0 Å². The van der Waals surface area contributed by atoms with Crippen LogP contribution in [0, 0.1) is 6.92 Å². The van der Waals surface area contributed by atoms with Crippen LogP contribution in [0.5, 0.6) is 0 Å². The van der Waals surface area contributed by atoms with E-state index < -0.39 is 0 Å². The first kappa shape index (κ1) is 12.6. The maximum Gasteiger partial charge on any atom is 0.223 e. The number of hydrogen-bond donors (Lipinski definition) is 4. The van der Waals surface area contributed by atoms with Crippen molar-refractivity contribution < 1.29 is 0 Å². The highest BCUT2D eigenvalue weighted by Gasteiger charge is 2.01. The van der Waals surface area contributed by atoms with Gasteiger partial charge in [-0.15, -0.1) is 0 Å². The largest absolute Gasteiger partial charge is 0.370 e. The summed E-state index contributed by atoms with van der Waals surface area (Å²) in [6.45, 7) is 1.82. The third kappa shape index (κ3) is 2.89. The fourth-order valence-electron chi connectivity index (χ4n) is 1.73. The minimum absolute atomic E-state index is 0.0668. The number of fused-ring (bicyclic) bond motifs is 1. The number of guanidine groups is 2. The van der Waals surface area contributed by atoms with Crippen LogP contribution in [0.4, 0.5) is 5.69 Å². The molecule has 0 atom stereocenters. The Morgan fingerprint density at radius 1 is 1.21 bits per heavy atom. The SMILES string of the molecule is Cc1cc(=O)c2cc(N=C(N)N=C(N)N)ccc2[nH]1. The number of nitrogens with one attached hydrogen (secondary N) is 1. The summed E-state index contributed by atoms with van der Waals surface area (Å²) in [5.41, 5.74) is 17.9. The standard InChI is InChI=1S/C12H14N6O/c1-6-4-10(19)8-5-7(2-3-9(8)16-6)17-12(15)18-11(13)14/h2-5H,1H3,(H,16,19)(H6,13,14,15,17,18). The second kappa shape index (κ2) is 4.81. The number of hydrogen-bond acceptors (Lipinski definition) is 2. The van der Waals surface area contributed by atoms with Gasteiger partial charge in [0.2, 0.25) is 5.96 Å². The molecule has 1 aromatic heterocycles. The fourth-order valence-corrected chi connectivity index (χ4v) is 1.73. The molecule has 0 aliphatic rings. The first-order valence-electron chi connectivity index (χ1n) is 5.53. The van der Waals surface area contributed by atoms with E-state index in [-0.39, 0.29) is 17.3 Å². The first-order chi connectivity index (χ1) is 8.95. The van der Waals surface area contributed by atoms with Gasteiger partial charge in [-0.1, -0.05) is 0 Å². The number of aliphatic imine (C=N–C) groups is 2. The molecule has 0 aliphatic heterocycles. The van der Waals surface area contributed by atoms with Crippen LogP contribution in [-0.4, -0.2) is 16.9 Å². The topological polar surface area (TPSA) is 136 Å². The zero-order valence-corrected chi connectivity index (χ0v) is 10.3. The third-order valence-corrected chi connectivity index (χ3v) is 2.44. The van der Waals surface area contributed by atoms with E-state index in [9.17, 15) is 4.79 Å². The molecule has 0 amide bonds. The van der Waals surface area contributed by atoms with Crippen LogP contribution < -0.4 is 22.6 Å². The van der Waals surface area contributed by atoms with Gasteiger partial charge in [0, 0.05) is 22.7 Å². The molecule has 0 saturated heterocycles. The molecule has 7 nitrogen and oxygen atoms in total. The van der Waals surface area contributed by atoms with Crippen LogP contribution in [0.2, 0.25) is 0 Å². The Bertz CT molecular complexity index is 739. The normalized spacial score (nSPS) is 11.5. The van der Waals surface area contributed by atoms with Gasteiger partial charge in [-0.25, -0.2) is 4.99 Å². The number of pyridine rings is 1. The number of benzene rings is 1. The number of aryl methyl sites for hydroxylation is 1. The summed E-state index contributed by atoms with van der Waals surface area (Å²) < 4.78 is 0.